The second kappa shape index (κ2) is 12.3. The number of hydrogen-bond donors (Lipinski definition) is 5. The van der Waals surface area contributed by atoms with E-state index in [2.05, 4.69) is 15.6 Å². The molecule has 4 amide bonds. The van der Waals surface area contributed by atoms with Gasteiger partial charge in [0.2, 0.25) is 17.7 Å². The normalized spacial score (nSPS) is 21.6. The molecule has 0 saturated carbocycles. The number of H-pyrrole nitrogens is 1. The summed E-state index contributed by atoms with van der Waals surface area (Å²) in [6.07, 6.45) is 1.42. The Kier molecular flexibility index (Phi) is 8.85. The highest BCUT2D eigenvalue weighted by Gasteiger charge is 2.50. The predicted molar refractivity (Wildman–Crippen MR) is 159 cm³/mol. The SMILES string of the molecule is CC(=O)N1CC[C@H]2CC[C@@H](C(=O)N[C@H](C)c3ccccc3)N2C(=O)[C@@H](NC(=O)c2cc3cc(C(F)(F)P(=O)(O)O)ccc3[nH]2)C1. The van der Waals surface area contributed by atoms with Crippen LogP contribution in [0.4, 0.5) is 8.78 Å². The van der Waals surface area contributed by atoms with E-state index in [1.807, 2.05) is 37.3 Å². The topological polar surface area (TPSA) is 172 Å². The molecule has 12 nitrogen and oxygen atoms in total. The van der Waals surface area contributed by atoms with Crippen molar-refractivity contribution in [3.8, 4) is 0 Å². The number of hydrogen-bond acceptors (Lipinski definition) is 5. The Morgan fingerprint density at radius 3 is 2.44 bits per heavy atom. The van der Waals surface area contributed by atoms with E-state index < -0.39 is 42.7 Å². The van der Waals surface area contributed by atoms with E-state index in [-0.39, 0.29) is 47.0 Å². The molecule has 2 aromatic carbocycles. The molecule has 4 atom stereocenters. The van der Waals surface area contributed by atoms with Gasteiger partial charge in [0.05, 0.1) is 6.04 Å². The molecule has 2 saturated heterocycles. The van der Waals surface area contributed by atoms with Crippen LogP contribution in [0.25, 0.3) is 10.9 Å². The number of alkyl halides is 2. The van der Waals surface area contributed by atoms with Crippen LogP contribution in [0.2, 0.25) is 0 Å². The summed E-state index contributed by atoms with van der Waals surface area (Å²) in [5.74, 6) is -1.91. The molecule has 2 aliphatic heterocycles. The third-order valence-corrected chi connectivity index (χ3v) is 9.47. The number of benzene rings is 2. The van der Waals surface area contributed by atoms with E-state index in [4.69, 9.17) is 9.79 Å². The van der Waals surface area contributed by atoms with Gasteiger partial charge >= 0.3 is 13.3 Å². The van der Waals surface area contributed by atoms with E-state index in [1.54, 1.807) is 0 Å². The minimum Gasteiger partial charge on any atom is -0.351 e. The van der Waals surface area contributed by atoms with Crippen LogP contribution in [0.5, 0.6) is 0 Å². The number of nitrogens with one attached hydrogen (secondary N) is 3. The molecule has 240 valence electrons. The molecule has 5 N–H and O–H groups in total. The van der Waals surface area contributed by atoms with Crippen LogP contribution in [-0.4, -0.2) is 79.4 Å². The summed E-state index contributed by atoms with van der Waals surface area (Å²) in [6.45, 7) is 3.38. The first-order chi connectivity index (χ1) is 21.2. The third-order valence-electron chi connectivity index (χ3n) is 8.48. The first-order valence-electron chi connectivity index (χ1n) is 14.5. The average Bonchev–Trinajstić information content (AvgIpc) is 3.61. The monoisotopic (exact) mass is 645 g/mol. The maximum Gasteiger partial charge on any atom is 0.399 e. The molecule has 2 fully saturated rings. The predicted octanol–water partition coefficient (Wildman–Crippen LogP) is 2.98. The molecule has 0 spiro atoms. The van der Waals surface area contributed by atoms with Gasteiger partial charge in [0.25, 0.3) is 5.91 Å². The van der Waals surface area contributed by atoms with Crippen molar-refractivity contribution in [1.82, 2.24) is 25.4 Å². The van der Waals surface area contributed by atoms with Crippen LogP contribution >= 0.6 is 7.60 Å². The Bertz CT molecular complexity index is 1680. The Labute approximate surface area is 257 Å². The van der Waals surface area contributed by atoms with Crippen molar-refractivity contribution >= 4 is 42.1 Å². The number of aromatic amines is 1. The van der Waals surface area contributed by atoms with Crippen molar-refractivity contribution in [2.24, 2.45) is 0 Å². The lowest BCUT2D eigenvalue weighted by Crippen LogP contribution is -2.61. The lowest BCUT2D eigenvalue weighted by molar-refractivity contribution is -0.145. The van der Waals surface area contributed by atoms with Crippen LogP contribution in [0.1, 0.15) is 60.8 Å². The Morgan fingerprint density at radius 1 is 1.07 bits per heavy atom. The summed E-state index contributed by atoms with van der Waals surface area (Å²) in [6, 6.07) is 10.8. The smallest absolute Gasteiger partial charge is 0.351 e. The Morgan fingerprint density at radius 2 is 1.78 bits per heavy atom. The lowest BCUT2D eigenvalue weighted by Gasteiger charge is -2.38. The minimum absolute atomic E-state index is 0.0870. The number of rotatable bonds is 7. The molecule has 45 heavy (non-hydrogen) atoms. The lowest BCUT2D eigenvalue weighted by atomic mass is 10.1. The number of aromatic nitrogens is 1. The molecular formula is C30H34F2N5O7P. The zero-order chi connectivity index (χ0) is 32.7. The van der Waals surface area contributed by atoms with Crippen molar-refractivity contribution in [2.75, 3.05) is 13.1 Å². The van der Waals surface area contributed by atoms with E-state index in [9.17, 15) is 32.5 Å². The van der Waals surface area contributed by atoms with Crippen molar-refractivity contribution < 1.29 is 42.3 Å². The fourth-order valence-electron chi connectivity index (χ4n) is 6.01. The molecule has 0 bridgehead atoms. The molecule has 1 aromatic heterocycles. The summed E-state index contributed by atoms with van der Waals surface area (Å²) >= 11 is 0. The van der Waals surface area contributed by atoms with Crippen LogP contribution < -0.4 is 10.6 Å². The Balaban J connectivity index is 1.38. The highest BCUT2D eigenvalue weighted by Crippen LogP contribution is 2.59. The van der Waals surface area contributed by atoms with Gasteiger partial charge in [-0.05, 0) is 49.9 Å². The van der Waals surface area contributed by atoms with Gasteiger partial charge in [-0.1, -0.05) is 36.4 Å². The van der Waals surface area contributed by atoms with Crippen LogP contribution in [0.15, 0.2) is 54.6 Å². The number of carbonyl (C=O) groups is 4. The first-order valence-corrected chi connectivity index (χ1v) is 16.1. The number of nitrogens with zero attached hydrogens (tertiary/aromatic N) is 2. The first kappa shape index (κ1) is 32.3. The second-order valence-corrected chi connectivity index (χ2v) is 13.1. The standard InChI is InChI=1S/C30H34F2N5O7P/c1-17(19-6-4-3-5-7-19)33-28(40)26-11-9-22-12-13-36(18(2)38)16-25(29(41)37(22)26)35-27(39)24-15-20-14-21(8-10-23(20)34-24)30(31,32)45(42,43)44/h3-8,10,14-15,17,22,25-26,34H,9,11-13,16H2,1-2H3,(H,33,40)(H,35,39)(H2,42,43,44)/t17-,22-,25+,26+/m1/s1. The highest BCUT2D eigenvalue weighted by molar-refractivity contribution is 7.52. The zero-order valence-corrected chi connectivity index (χ0v) is 25.5. The van der Waals surface area contributed by atoms with E-state index >= 15 is 0 Å². The fraction of sp³-hybridized carbons (Fsp3) is 0.400. The molecular weight excluding hydrogens is 611 g/mol. The highest BCUT2D eigenvalue weighted by atomic mass is 31.2. The fourth-order valence-corrected chi connectivity index (χ4v) is 6.48. The van der Waals surface area contributed by atoms with Crippen LogP contribution in [0, 0.1) is 0 Å². The quantitative estimate of drug-likeness (QED) is 0.246. The van der Waals surface area contributed by atoms with Crippen LogP contribution in [-0.2, 0) is 24.6 Å². The average molecular weight is 646 g/mol. The van der Waals surface area contributed by atoms with Gasteiger partial charge in [0, 0.05) is 42.5 Å². The minimum atomic E-state index is -5.80. The maximum absolute atomic E-state index is 14.3. The largest absolute Gasteiger partial charge is 0.399 e. The molecule has 15 heteroatoms. The van der Waals surface area contributed by atoms with Gasteiger partial charge in [-0.3, -0.25) is 23.7 Å². The van der Waals surface area contributed by atoms with Crippen LogP contribution in [0.3, 0.4) is 0 Å². The number of fused-ring (bicyclic) bond motifs is 2. The maximum atomic E-state index is 14.3. The second-order valence-electron chi connectivity index (χ2n) is 11.5. The molecule has 0 aliphatic carbocycles. The van der Waals surface area contributed by atoms with Gasteiger partial charge in [0.1, 0.15) is 17.8 Å². The zero-order valence-electron chi connectivity index (χ0n) is 24.6. The molecule has 5 rings (SSSR count). The van der Waals surface area contributed by atoms with Crippen molar-refractivity contribution in [1.29, 1.82) is 0 Å². The van der Waals surface area contributed by atoms with E-state index in [1.165, 1.54) is 22.8 Å². The van der Waals surface area contributed by atoms with E-state index in [0.717, 1.165) is 23.8 Å². The van der Waals surface area contributed by atoms with Crippen molar-refractivity contribution in [3.63, 3.8) is 0 Å². The van der Waals surface area contributed by atoms with Gasteiger partial charge in [-0.25, -0.2) is 0 Å². The number of halogens is 2. The molecule has 2 aliphatic rings. The third kappa shape index (κ3) is 6.49. The number of carbonyl (C=O) groups excluding carboxylic acids is 4. The summed E-state index contributed by atoms with van der Waals surface area (Å²) in [5.41, 5.74) is -4.32. The molecule has 3 heterocycles. The van der Waals surface area contributed by atoms with Gasteiger partial charge in [-0.2, -0.15) is 8.78 Å². The Hall–Kier alpha value is -4.13. The molecule has 0 radical (unpaired) electrons. The van der Waals surface area contributed by atoms with Gasteiger partial charge in [-0.15, -0.1) is 0 Å². The van der Waals surface area contributed by atoms with Gasteiger partial charge < -0.3 is 35.2 Å². The summed E-state index contributed by atoms with van der Waals surface area (Å²) in [7, 11) is -5.80. The summed E-state index contributed by atoms with van der Waals surface area (Å²) in [4.78, 5) is 77.2. The van der Waals surface area contributed by atoms with Gasteiger partial charge in [0.15, 0.2) is 0 Å². The molecule has 3 aromatic rings. The van der Waals surface area contributed by atoms with Crippen molar-refractivity contribution in [2.45, 2.75) is 62.9 Å². The van der Waals surface area contributed by atoms with Crippen molar-refractivity contribution in [3.05, 3.63) is 71.4 Å². The number of amides is 4. The summed E-state index contributed by atoms with van der Waals surface area (Å²) in [5, 5.41) is 5.72. The molecule has 0 unspecified atom stereocenters. The van der Waals surface area contributed by atoms with E-state index in [0.29, 0.717) is 25.8 Å². The summed E-state index contributed by atoms with van der Waals surface area (Å²) < 4.78 is 39.9.